The largest absolute Gasteiger partial charge is 0.495 e. The number of nitrogens with two attached hydrogens (primary N) is 1. The molecule has 1 aliphatic rings. The maximum Gasteiger partial charge on any atom is 0.404 e. The van der Waals surface area contributed by atoms with Gasteiger partial charge in [-0.15, -0.1) is 0 Å². The second-order valence-electron chi connectivity index (χ2n) is 9.07. The maximum absolute atomic E-state index is 12.9. The number of ketones is 1. The van der Waals surface area contributed by atoms with Gasteiger partial charge in [-0.1, -0.05) is 42.3 Å². The zero-order valence-electron chi connectivity index (χ0n) is 21.7. The summed E-state index contributed by atoms with van der Waals surface area (Å²) < 4.78 is 15.9. The number of aliphatic hydroxyl groups excluding tert-OH is 1. The summed E-state index contributed by atoms with van der Waals surface area (Å²) in [5.74, 6) is -0.848. The van der Waals surface area contributed by atoms with Crippen molar-refractivity contribution >= 4 is 35.1 Å². The Morgan fingerprint density at radius 1 is 1.19 bits per heavy atom. The van der Waals surface area contributed by atoms with E-state index in [-0.39, 0.29) is 23.6 Å². The number of rotatable bonds is 3. The highest BCUT2D eigenvalue weighted by atomic mass is 35.5. The average Bonchev–Trinajstić information content (AvgIpc) is 2.82. The third-order valence-electron chi connectivity index (χ3n) is 6.00. The van der Waals surface area contributed by atoms with E-state index < -0.39 is 36.2 Å². The van der Waals surface area contributed by atoms with Crippen LogP contribution in [0, 0.1) is 5.92 Å². The predicted molar refractivity (Wildman–Crippen MR) is 142 cm³/mol. The number of amides is 2. The van der Waals surface area contributed by atoms with Gasteiger partial charge in [0.15, 0.2) is 5.78 Å². The smallest absolute Gasteiger partial charge is 0.404 e. The van der Waals surface area contributed by atoms with Crippen LogP contribution in [0.4, 0.5) is 10.5 Å². The van der Waals surface area contributed by atoms with Crippen molar-refractivity contribution in [1.82, 2.24) is 0 Å². The summed E-state index contributed by atoms with van der Waals surface area (Å²) >= 11 is 6.42. The Morgan fingerprint density at radius 3 is 2.51 bits per heavy atom. The monoisotopic (exact) mass is 534 g/mol. The van der Waals surface area contributed by atoms with Gasteiger partial charge in [-0.25, -0.2) is 4.79 Å². The van der Waals surface area contributed by atoms with Gasteiger partial charge in [-0.05, 0) is 49.6 Å². The van der Waals surface area contributed by atoms with Crippen molar-refractivity contribution in [3.05, 3.63) is 58.2 Å². The number of allylic oxidation sites excluding steroid dienone is 3. The average molecular weight is 535 g/mol. The summed E-state index contributed by atoms with van der Waals surface area (Å²) in [5, 5.41) is 13.7. The highest BCUT2D eigenvalue weighted by molar-refractivity contribution is 6.35. The lowest BCUT2D eigenvalue weighted by atomic mass is 9.94. The number of anilines is 1. The number of hydrogen-bond donors (Lipinski definition) is 3. The van der Waals surface area contributed by atoms with Gasteiger partial charge in [0.05, 0.1) is 25.3 Å². The third-order valence-corrected chi connectivity index (χ3v) is 6.39. The van der Waals surface area contributed by atoms with Gasteiger partial charge >= 0.3 is 6.09 Å². The van der Waals surface area contributed by atoms with E-state index in [9.17, 15) is 19.5 Å². The highest BCUT2D eigenvalue weighted by Gasteiger charge is 2.27. The molecule has 0 aromatic heterocycles. The standard InChI is InChI=1S/C27H35ClN2O7/c1-15-7-6-8-22(35-4)21(32)13-23(37-27(29)34)17(3)10-16(2)20(31)14-25(33)30-19-11-18(9-15)12-24(36-5)26(19)28/h6-8,10-12,17,20,22-23,31H,9,13-14H2,1-5H3,(H2,29,34)(H,30,33)/b8-6+,15-7+,16-10+/t17-,20-,22+,23-/m0/s1. The Balaban J connectivity index is 2.51. The van der Waals surface area contributed by atoms with E-state index in [1.807, 2.05) is 13.0 Å². The number of hydrogen-bond acceptors (Lipinski definition) is 7. The zero-order valence-corrected chi connectivity index (χ0v) is 22.5. The zero-order chi connectivity index (χ0) is 27.7. The summed E-state index contributed by atoms with van der Waals surface area (Å²) in [6.45, 7) is 5.28. The maximum atomic E-state index is 12.9. The number of Topliss-reactive ketones (excluding diaryl/α,β-unsaturated/α-hetero) is 1. The molecule has 2 bridgehead atoms. The van der Waals surface area contributed by atoms with Crippen LogP contribution in [0.25, 0.3) is 0 Å². The molecule has 4 atom stereocenters. The topological polar surface area (TPSA) is 137 Å². The van der Waals surface area contributed by atoms with Gasteiger partial charge in [-0.2, -0.15) is 0 Å². The Morgan fingerprint density at radius 2 is 1.89 bits per heavy atom. The third kappa shape index (κ3) is 9.03. The summed E-state index contributed by atoms with van der Waals surface area (Å²) in [5.41, 5.74) is 7.86. The van der Waals surface area contributed by atoms with Crippen LogP contribution in [-0.4, -0.2) is 55.4 Å². The van der Waals surface area contributed by atoms with E-state index in [2.05, 4.69) is 5.32 Å². The molecule has 0 radical (unpaired) electrons. The van der Waals surface area contributed by atoms with E-state index in [0.717, 1.165) is 11.1 Å². The molecule has 4 N–H and O–H groups in total. The van der Waals surface area contributed by atoms with E-state index in [1.165, 1.54) is 14.2 Å². The Bertz CT molecular complexity index is 1100. The Kier molecular flexibility index (Phi) is 11.4. The number of halogens is 1. The van der Waals surface area contributed by atoms with Gasteiger partial charge < -0.3 is 30.4 Å². The van der Waals surface area contributed by atoms with Crippen molar-refractivity contribution in [2.24, 2.45) is 11.7 Å². The van der Waals surface area contributed by atoms with Gasteiger partial charge in [0.25, 0.3) is 0 Å². The predicted octanol–water partition coefficient (Wildman–Crippen LogP) is 4.12. The number of primary amides is 1. The number of aliphatic hydroxyl groups is 1. The van der Waals surface area contributed by atoms with Crippen LogP contribution in [0.2, 0.25) is 5.02 Å². The van der Waals surface area contributed by atoms with Crippen molar-refractivity contribution in [3.63, 3.8) is 0 Å². The van der Waals surface area contributed by atoms with Crippen LogP contribution in [0.15, 0.2) is 47.6 Å². The summed E-state index contributed by atoms with van der Waals surface area (Å²) in [7, 11) is 2.90. The van der Waals surface area contributed by atoms with E-state index >= 15 is 0 Å². The minimum atomic E-state index is -1.13. The first-order chi connectivity index (χ1) is 17.4. The Labute approximate surface area is 222 Å². The first-order valence-electron chi connectivity index (χ1n) is 11.8. The molecule has 0 fully saturated rings. The van der Waals surface area contributed by atoms with Gasteiger partial charge in [0, 0.05) is 19.4 Å². The minimum Gasteiger partial charge on any atom is -0.495 e. The highest BCUT2D eigenvalue weighted by Crippen LogP contribution is 2.34. The Hall–Kier alpha value is -3.14. The number of methoxy groups -OCH3 is 2. The second-order valence-corrected chi connectivity index (χ2v) is 9.45. The molecule has 10 heteroatoms. The molecule has 1 aliphatic heterocycles. The fourth-order valence-corrected chi connectivity index (χ4v) is 4.22. The number of ether oxygens (including phenoxy) is 3. The molecule has 2 rings (SSSR count). The summed E-state index contributed by atoms with van der Waals surface area (Å²) in [4.78, 5) is 37.2. The summed E-state index contributed by atoms with van der Waals surface area (Å²) in [6.07, 6.45) is 3.04. The molecule has 9 nitrogen and oxygen atoms in total. The van der Waals surface area contributed by atoms with E-state index in [1.54, 1.807) is 44.2 Å². The van der Waals surface area contributed by atoms with Gasteiger partial charge in [0.2, 0.25) is 5.91 Å². The number of benzene rings is 1. The lowest BCUT2D eigenvalue weighted by Gasteiger charge is -2.23. The van der Waals surface area contributed by atoms with Crippen LogP contribution in [0.3, 0.4) is 0 Å². The van der Waals surface area contributed by atoms with Crippen molar-refractivity contribution in [2.75, 3.05) is 19.5 Å². The molecule has 1 aromatic carbocycles. The van der Waals surface area contributed by atoms with Crippen LogP contribution >= 0.6 is 11.6 Å². The quantitative estimate of drug-likeness (QED) is 0.496. The lowest BCUT2D eigenvalue weighted by Crippen LogP contribution is -2.33. The van der Waals surface area contributed by atoms with Crippen LogP contribution in [0.1, 0.15) is 39.2 Å². The molecule has 0 spiro atoms. The van der Waals surface area contributed by atoms with Crippen LogP contribution in [0.5, 0.6) is 5.75 Å². The molecule has 0 saturated carbocycles. The fraction of sp³-hybridized carbons (Fsp3) is 0.444. The van der Waals surface area contributed by atoms with Gasteiger partial charge in [-0.3, -0.25) is 9.59 Å². The fourth-order valence-electron chi connectivity index (χ4n) is 3.98. The molecule has 1 heterocycles. The van der Waals surface area contributed by atoms with Crippen LogP contribution < -0.4 is 15.8 Å². The van der Waals surface area contributed by atoms with E-state index in [0.29, 0.717) is 23.4 Å². The van der Waals surface area contributed by atoms with Crippen molar-refractivity contribution in [3.8, 4) is 5.75 Å². The second kappa shape index (κ2) is 14.0. The normalized spacial score (nSPS) is 27.8. The number of nitrogens with one attached hydrogen (secondary N) is 1. The van der Waals surface area contributed by atoms with E-state index in [4.69, 9.17) is 31.5 Å². The molecule has 0 saturated heterocycles. The molecule has 37 heavy (non-hydrogen) atoms. The van der Waals surface area contributed by atoms with Crippen molar-refractivity contribution < 1.29 is 33.7 Å². The number of carbonyl (C=O) groups excluding carboxylic acids is 3. The molecular formula is C27H35ClN2O7. The molecule has 202 valence electrons. The molecule has 2 amide bonds. The summed E-state index contributed by atoms with van der Waals surface area (Å²) in [6, 6.07) is 3.54. The number of carbonyl (C=O) groups is 3. The molecule has 0 unspecified atom stereocenters. The lowest BCUT2D eigenvalue weighted by molar-refractivity contribution is -0.128. The van der Waals surface area contributed by atoms with Crippen LogP contribution in [-0.2, 0) is 25.5 Å². The first-order valence-corrected chi connectivity index (χ1v) is 12.2. The molecule has 0 aliphatic carbocycles. The first kappa shape index (κ1) is 30.1. The molecule has 1 aromatic rings. The van der Waals surface area contributed by atoms with Gasteiger partial charge in [0.1, 0.15) is 23.0 Å². The SMILES string of the molecule is COc1cc2cc(c1Cl)NC(=O)C[C@H](O)/C(C)=C/[C@H](C)[C@@H](OC(N)=O)CC(=O)[C@H](OC)/C=C/C=C(\C)C2. The molecular weight excluding hydrogens is 500 g/mol. The van der Waals surface area contributed by atoms with Crippen molar-refractivity contribution in [2.45, 2.75) is 58.3 Å². The minimum absolute atomic E-state index is 0.153. The van der Waals surface area contributed by atoms with Crippen molar-refractivity contribution in [1.29, 1.82) is 0 Å². The number of fused-ring (bicyclic) bond motifs is 2.